The second kappa shape index (κ2) is 6.39. The van der Waals surface area contributed by atoms with Gasteiger partial charge in [0.25, 0.3) is 0 Å². The summed E-state index contributed by atoms with van der Waals surface area (Å²) >= 11 is 1.18. The molecule has 9 heteroatoms. The van der Waals surface area contributed by atoms with Gasteiger partial charge in [-0.1, -0.05) is 25.2 Å². The largest absolute Gasteiger partial charge is 0.390 e. The van der Waals surface area contributed by atoms with Gasteiger partial charge in [0.2, 0.25) is 5.91 Å². The molecular weight excluding hydrogens is 341 g/mol. The number of aromatic nitrogens is 2. The molecule has 2 rings (SSSR count). The minimum absolute atomic E-state index is 0.250. The number of nitrogens with one attached hydrogen (secondary N) is 1. The van der Waals surface area contributed by atoms with Crippen LogP contribution in [0.25, 0.3) is 10.4 Å². The number of thiazole rings is 1. The fourth-order valence-corrected chi connectivity index (χ4v) is 3.06. The summed E-state index contributed by atoms with van der Waals surface area (Å²) in [5.74, 6) is -0.348. The van der Waals surface area contributed by atoms with Crippen LogP contribution in [-0.2, 0) is 4.79 Å². The van der Waals surface area contributed by atoms with Crippen molar-refractivity contribution in [1.82, 2.24) is 9.97 Å². The van der Waals surface area contributed by atoms with E-state index < -0.39 is 23.9 Å². The number of amides is 1. The van der Waals surface area contributed by atoms with Crippen molar-refractivity contribution in [1.29, 1.82) is 0 Å². The van der Waals surface area contributed by atoms with Crippen molar-refractivity contribution >= 4 is 28.2 Å². The molecule has 24 heavy (non-hydrogen) atoms. The van der Waals surface area contributed by atoms with Gasteiger partial charge >= 0.3 is 6.18 Å². The summed E-state index contributed by atoms with van der Waals surface area (Å²) < 4.78 is 37.7. The normalized spacial score (nSPS) is 12.2. The molecule has 0 aliphatic carbocycles. The quantitative estimate of drug-likeness (QED) is 0.865. The van der Waals surface area contributed by atoms with Crippen molar-refractivity contribution in [2.45, 2.75) is 33.4 Å². The first kappa shape index (κ1) is 18.2. The van der Waals surface area contributed by atoms with Crippen molar-refractivity contribution in [3.8, 4) is 10.4 Å². The molecule has 0 bridgehead atoms. The maximum atomic E-state index is 12.6. The average Bonchev–Trinajstić information content (AvgIpc) is 2.77. The molecule has 1 amide bonds. The molecule has 2 heterocycles. The highest BCUT2D eigenvalue weighted by molar-refractivity contribution is 7.19. The second-order valence-corrected chi connectivity index (χ2v) is 7.03. The SMILES string of the molecule is Cc1nc(NC(=O)C(C)(C)CC(F)(F)F)sc1-c1ccc(N)nc1. The molecule has 2 aromatic heterocycles. The lowest BCUT2D eigenvalue weighted by Gasteiger charge is -2.24. The predicted molar refractivity (Wildman–Crippen MR) is 87.6 cm³/mol. The first-order chi connectivity index (χ1) is 11.0. The number of alkyl halides is 3. The van der Waals surface area contributed by atoms with E-state index in [2.05, 4.69) is 15.3 Å². The van der Waals surface area contributed by atoms with Gasteiger partial charge in [0.15, 0.2) is 5.13 Å². The van der Waals surface area contributed by atoms with Gasteiger partial charge in [-0.25, -0.2) is 9.97 Å². The molecule has 0 atom stereocenters. The van der Waals surface area contributed by atoms with Crippen LogP contribution in [0.1, 0.15) is 26.0 Å². The van der Waals surface area contributed by atoms with Crippen molar-refractivity contribution in [2.24, 2.45) is 5.41 Å². The summed E-state index contributed by atoms with van der Waals surface area (Å²) in [5.41, 5.74) is 5.38. The van der Waals surface area contributed by atoms with Gasteiger partial charge in [0, 0.05) is 11.8 Å². The van der Waals surface area contributed by atoms with Gasteiger partial charge in [-0.05, 0) is 19.1 Å². The third kappa shape index (κ3) is 4.44. The minimum atomic E-state index is -4.42. The Labute approximate surface area is 141 Å². The number of aryl methyl sites for hydroxylation is 1. The number of anilines is 2. The highest BCUT2D eigenvalue weighted by Crippen LogP contribution is 2.36. The predicted octanol–water partition coefficient (Wildman–Crippen LogP) is 4.01. The van der Waals surface area contributed by atoms with Crippen LogP contribution >= 0.6 is 11.3 Å². The van der Waals surface area contributed by atoms with Gasteiger partial charge in [-0.3, -0.25) is 4.79 Å². The zero-order chi connectivity index (χ0) is 18.1. The van der Waals surface area contributed by atoms with Crippen LogP contribution in [0.4, 0.5) is 24.1 Å². The molecule has 0 aliphatic heterocycles. The standard InChI is InChI=1S/C15H17F3N4OS/c1-8-11(9-4-5-10(19)20-6-9)24-13(21-8)22-12(23)14(2,3)7-15(16,17)18/h4-6H,7H2,1-3H3,(H2,19,20)(H,21,22,23). The fraction of sp³-hybridized carbons (Fsp3) is 0.400. The smallest absolute Gasteiger partial charge is 0.384 e. The third-order valence-electron chi connectivity index (χ3n) is 3.32. The van der Waals surface area contributed by atoms with Crippen LogP contribution in [0.5, 0.6) is 0 Å². The molecule has 0 unspecified atom stereocenters. The van der Waals surface area contributed by atoms with E-state index in [1.807, 2.05) is 0 Å². The number of carbonyl (C=O) groups is 1. The van der Waals surface area contributed by atoms with Gasteiger partial charge in [-0.2, -0.15) is 13.2 Å². The fourth-order valence-electron chi connectivity index (χ4n) is 2.11. The average molecular weight is 358 g/mol. The maximum Gasteiger partial charge on any atom is 0.390 e. The number of hydrogen-bond donors (Lipinski definition) is 2. The van der Waals surface area contributed by atoms with E-state index in [-0.39, 0.29) is 5.13 Å². The number of rotatable bonds is 4. The number of nitrogens with two attached hydrogens (primary N) is 1. The van der Waals surface area contributed by atoms with Crippen LogP contribution in [-0.4, -0.2) is 22.1 Å². The van der Waals surface area contributed by atoms with Crippen LogP contribution in [0.15, 0.2) is 18.3 Å². The molecule has 5 nitrogen and oxygen atoms in total. The Kier molecular flexibility index (Phi) is 4.84. The summed E-state index contributed by atoms with van der Waals surface area (Å²) in [7, 11) is 0. The molecule has 0 spiro atoms. The molecule has 0 fully saturated rings. The van der Waals surface area contributed by atoms with E-state index in [1.165, 1.54) is 25.2 Å². The number of nitrogen functional groups attached to an aromatic ring is 1. The topological polar surface area (TPSA) is 80.9 Å². The van der Waals surface area contributed by atoms with E-state index in [9.17, 15) is 18.0 Å². The van der Waals surface area contributed by atoms with Crippen molar-refractivity contribution in [3.63, 3.8) is 0 Å². The molecule has 0 aromatic carbocycles. The summed E-state index contributed by atoms with van der Waals surface area (Å²) in [5, 5.41) is 2.72. The third-order valence-corrected chi connectivity index (χ3v) is 4.44. The lowest BCUT2D eigenvalue weighted by Crippen LogP contribution is -2.35. The Bertz CT molecular complexity index is 738. The van der Waals surface area contributed by atoms with Gasteiger partial charge < -0.3 is 11.1 Å². The molecular formula is C15H17F3N4OS. The van der Waals surface area contributed by atoms with Crippen LogP contribution in [0.3, 0.4) is 0 Å². The summed E-state index contributed by atoms with van der Waals surface area (Å²) in [6, 6.07) is 3.40. The first-order valence-corrected chi connectivity index (χ1v) is 7.87. The highest BCUT2D eigenvalue weighted by atomic mass is 32.1. The van der Waals surface area contributed by atoms with E-state index in [1.54, 1.807) is 25.3 Å². The lowest BCUT2D eigenvalue weighted by molar-refractivity contribution is -0.162. The molecule has 2 aromatic rings. The van der Waals surface area contributed by atoms with Gasteiger partial charge in [-0.15, -0.1) is 0 Å². The van der Waals surface area contributed by atoms with Crippen molar-refractivity contribution in [3.05, 3.63) is 24.0 Å². The maximum absolute atomic E-state index is 12.6. The Hall–Kier alpha value is -2.16. The van der Waals surface area contributed by atoms with E-state index in [0.29, 0.717) is 11.5 Å². The van der Waals surface area contributed by atoms with E-state index in [0.717, 1.165) is 10.4 Å². The number of carbonyl (C=O) groups excluding carboxylic acids is 1. The second-order valence-electron chi connectivity index (χ2n) is 6.04. The zero-order valence-electron chi connectivity index (χ0n) is 13.4. The minimum Gasteiger partial charge on any atom is -0.384 e. The Balaban J connectivity index is 2.18. The Morgan fingerprint density at radius 1 is 1.33 bits per heavy atom. The number of halogens is 3. The monoisotopic (exact) mass is 358 g/mol. The summed E-state index contributed by atoms with van der Waals surface area (Å²) in [4.78, 5) is 21.1. The molecule has 0 aliphatic rings. The Morgan fingerprint density at radius 2 is 2.00 bits per heavy atom. The first-order valence-electron chi connectivity index (χ1n) is 7.05. The summed E-state index contributed by atoms with van der Waals surface area (Å²) in [6.45, 7) is 4.25. The van der Waals surface area contributed by atoms with Crippen LogP contribution < -0.4 is 11.1 Å². The van der Waals surface area contributed by atoms with Crippen molar-refractivity contribution < 1.29 is 18.0 Å². The number of nitrogens with zero attached hydrogens (tertiary/aromatic N) is 2. The lowest BCUT2D eigenvalue weighted by atomic mass is 9.88. The van der Waals surface area contributed by atoms with Gasteiger partial charge in [0.05, 0.1) is 22.4 Å². The number of hydrogen-bond acceptors (Lipinski definition) is 5. The summed E-state index contributed by atoms with van der Waals surface area (Å²) in [6.07, 6.45) is -4.04. The van der Waals surface area contributed by atoms with Crippen LogP contribution in [0, 0.1) is 12.3 Å². The molecule has 3 N–H and O–H groups in total. The van der Waals surface area contributed by atoms with Gasteiger partial charge in [0.1, 0.15) is 5.82 Å². The molecule has 0 saturated heterocycles. The molecule has 0 saturated carbocycles. The van der Waals surface area contributed by atoms with Crippen molar-refractivity contribution in [2.75, 3.05) is 11.1 Å². The van der Waals surface area contributed by atoms with Crippen LogP contribution in [0.2, 0.25) is 0 Å². The number of pyridine rings is 1. The highest BCUT2D eigenvalue weighted by Gasteiger charge is 2.41. The van der Waals surface area contributed by atoms with E-state index in [4.69, 9.17) is 5.73 Å². The molecule has 130 valence electrons. The Morgan fingerprint density at radius 3 is 2.54 bits per heavy atom. The van der Waals surface area contributed by atoms with E-state index >= 15 is 0 Å². The molecule has 0 radical (unpaired) electrons. The zero-order valence-corrected chi connectivity index (χ0v) is 14.2.